The van der Waals surface area contributed by atoms with Gasteiger partial charge >= 0.3 is 0 Å². The minimum Gasteiger partial charge on any atom is -0.444 e. The molecule has 1 N–H and O–H groups in total. The fourth-order valence-corrected chi connectivity index (χ4v) is 1.87. The summed E-state index contributed by atoms with van der Waals surface area (Å²) >= 11 is 8.98. The number of carbonyl (C=O) groups excluding carboxylic acids is 1. The molecule has 1 amide bonds. The number of furan rings is 1. The van der Waals surface area contributed by atoms with Crippen molar-refractivity contribution in [3.8, 4) is 0 Å². The number of carbonyl (C=O) groups is 1. The van der Waals surface area contributed by atoms with Crippen LogP contribution < -0.4 is 5.32 Å². The topological polar surface area (TPSA) is 42.2 Å². The molecule has 0 fully saturated rings. The van der Waals surface area contributed by atoms with E-state index in [9.17, 15) is 4.79 Å². The minimum absolute atomic E-state index is 0.254. The van der Waals surface area contributed by atoms with Crippen molar-refractivity contribution in [1.82, 2.24) is 5.32 Å². The second-order valence-corrected chi connectivity index (χ2v) is 4.63. The molecule has 1 heterocycles. The molecule has 0 saturated heterocycles. The Hall–Kier alpha value is -1.26. The van der Waals surface area contributed by atoms with Crippen molar-refractivity contribution in [3.63, 3.8) is 0 Å². The summed E-state index contributed by atoms with van der Waals surface area (Å²) in [4.78, 5) is 11.7. The highest BCUT2D eigenvalue weighted by Crippen LogP contribution is 2.14. The van der Waals surface area contributed by atoms with Crippen molar-refractivity contribution in [2.45, 2.75) is 6.54 Å². The van der Waals surface area contributed by atoms with E-state index in [4.69, 9.17) is 16.0 Å². The zero-order chi connectivity index (χ0) is 12.3. The summed E-state index contributed by atoms with van der Waals surface area (Å²) < 4.78 is 5.67. The first-order chi connectivity index (χ1) is 8.15. The maximum atomic E-state index is 11.7. The van der Waals surface area contributed by atoms with E-state index in [0.717, 1.165) is 5.56 Å². The quantitative estimate of drug-likeness (QED) is 0.940. The Balaban J connectivity index is 1.97. The van der Waals surface area contributed by atoms with Crippen molar-refractivity contribution < 1.29 is 9.21 Å². The van der Waals surface area contributed by atoms with E-state index in [2.05, 4.69) is 21.2 Å². The first kappa shape index (κ1) is 12.2. The highest BCUT2D eigenvalue weighted by atomic mass is 79.9. The van der Waals surface area contributed by atoms with E-state index in [0.29, 0.717) is 16.2 Å². The third-order valence-corrected chi connectivity index (χ3v) is 2.80. The SMILES string of the molecule is O=C(NCc1cccc(Cl)c1)c1ccc(Br)o1. The summed E-state index contributed by atoms with van der Waals surface area (Å²) in [7, 11) is 0. The van der Waals surface area contributed by atoms with Gasteiger partial charge in [-0.2, -0.15) is 0 Å². The number of hydrogen-bond acceptors (Lipinski definition) is 2. The number of hydrogen-bond donors (Lipinski definition) is 1. The van der Waals surface area contributed by atoms with Crippen molar-refractivity contribution >= 4 is 33.4 Å². The van der Waals surface area contributed by atoms with Crippen molar-refractivity contribution in [2.75, 3.05) is 0 Å². The van der Waals surface area contributed by atoms with Crippen molar-refractivity contribution in [1.29, 1.82) is 0 Å². The molecule has 5 heteroatoms. The van der Waals surface area contributed by atoms with Gasteiger partial charge in [0.2, 0.25) is 0 Å². The molecule has 0 bridgehead atoms. The molecule has 2 aromatic rings. The molecule has 3 nitrogen and oxygen atoms in total. The molecule has 1 aromatic carbocycles. The standard InChI is InChI=1S/C12H9BrClNO2/c13-11-5-4-10(17-11)12(16)15-7-8-2-1-3-9(14)6-8/h1-6H,7H2,(H,15,16). The second kappa shape index (κ2) is 5.38. The van der Waals surface area contributed by atoms with Gasteiger partial charge in [-0.05, 0) is 45.8 Å². The van der Waals surface area contributed by atoms with E-state index in [1.54, 1.807) is 24.3 Å². The molecule has 1 aromatic heterocycles. The Labute approximate surface area is 112 Å². The van der Waals surface area contributed by atoms with Gasteiger partial charge in [-0.3, -0.25) is 4.79 Å². The van der Waals surface area contributed by atoms with Gasteiger partial charge < -0.3 is 9.73 Å². The van der Waals surface area contributed by atoms with Crippen LogP contribution in [-0.2, 0) is 6.54 Å². The monoisotopic (exact) mass is 313 g/mol. The first-order valence-corrected chi connectivity index (χ1v) is 6.10. The van der Waals surface area contributed by atoms with E-state index >= 15 is 0 Å². The summed E-state index contributed by atoms with van der Waals surface area (Å²) in [6.45, 7) is 0.414. The summed E-state index contributed by atoms with van der Waals surface area (Å²) in [6.07, 6.45) is 0. The van der Waals surface area contributed by atoms with Crippen molar-refractivity contribution in [3.05, 3.63) is 57.4 Å². The zero-order valence-electron chi connectivity index (χ0n) is 8.74. The Kier molecular flexibility index (Phi) is 3.86. The maximum Gasteiger partial charge on any atom is 0.287 e. The van der Waals surface area contributed by atoms with E-state index in [1.807, 2.05) is 12.1 Å². The lowest BCUT2D eigenvalue weighted by Crippen LogP contribution is -2.22. The lowest BCUT2D eigenvalue weighted by molar-refractivity contribution is 0.0922. The Morgan fingerprint density at radius 3 is 2.82 bits per heavy atom. The average Bonchev–Trinajstić information content (AvgIpc) is 2.73. The van der Waals surface area contributed by atoms with Crippen LogP contribution in [0.2, 0.25) is 5.02 Å². The van der Waals surface area contributed by atoms with Gasteiger partial charge in [0.25, 0.3) is 5.91 Å². The van der Waals surface area contributed by atoms with Gasteiger partial charge in [-0.1, -0.05) is 23.7 Å². The zero-order valence-corrected chi connectivity index (χ0v) is 11.1. The number of halogens is 2. The molecule has 0 aliphatic rings. The van der Waals surface area contributed by atoms with E-state index in [1.165, 1.54) is 0 Å². The lowest BCUT2D eigenvalue weighted by Gasteiger charge is -2.03. The molecule has 0 radical (unpaired) electrons. The van der Waals surface area contributed by atoms with Crippen LogP contribution in [0.1, 0.15) is 16.1 Å². The molecule has 0 saturated carbocycles. The second-order valence-electron chi connectivity index (χ2n) is 3.42. The van der Waals surface area contributed by atoms with Crippen LogP contribution in [0.3, 0.4) is 0 Å². The molecule has 0 aliphatic heterocycles. The van der Waals surface area contributed by atoms with Crippen LogP contribution in [0.15, 0.2) is 45.5 Å². The summed E-state index contributed by atoms with van der Waals surface area (Å²) in [5.74, 6) is 0.0228. The largest absolute Gasteiger partial charge is 0.444 e. The number of benzene rings is 1. The Morgan fingerprint density at radius 2 is 2.18 bits per heavy atom. The number of nitrogens with one attached hydrogen (secondary N) is 1. The summed E-state index contributed by atoms with van der Waals surface area (Å²) in [5.41, 5.74) is 0.941. The number of rotatable bonds is 3. The fourth-order valence-electron chi connectivity index (χ4n) is 1.35. The molecule has 17 heavy (non-hydrogen) atoms. The van der Waals surface area contributed by atoms with Crippen LogP contribution in [-0.4, -0.2) is 5.91 Å². The molecule has 0 atom stereocenters. The predicted molar refractivity (Wildman–Crippen MR) is 69.0 cm³/mol. The van der Waals surface area contributed by atoms with Crippen LogP contribution >= 0.6 is 27.5 Å². The maximum absolute atomic E-state index is 11.7. The summed E-state index contributed by atoms with van der Waals surface area (Å²) in [6, 6.07) is 10.6. The van der Waals surface area contributed by atoms with Crippen LogP contribution in [0.25, 0.3) is 0 Å². The number of amides is 1. The van der Waals surface area contributed by atoms with Gasteiger partial charge in [0.15, 0.2) is 10.4 Å². The highest BCUT2D eigenvalue weighted by Gasteiger charge is 2.09. The molecule has 0 spiro atoms. The fraction of sp³-hybridized carbons (Fsp3) is 0.0833. The van der Waals surface area contributed by atoms with Crippen molar-refractivity contribution in [2.24, 2.45) is 0 Å². The van der Waals surface area contributed by atoms with Gasteiger partial charge in [0, 0.05) is 11.6 Å². The third-order valence-electron chi connectivity index (χ3n) is 2.14. The van der Waals surface area contributed by atoms with Crippen LogP contribution in [0.4, 0.5) is 0 Å². The smallest absolute Gasteiger partial charge is 0.287 e. The normalized spacial score (nSPS) is 10.2. The predicted octanol–water partition coefficient (Wildman–Crippen LogP) is 3.63. The molecular weight excluding hydrogens is 305 g/mol. The molecular formula is C12H9BrClNO2. The average molecular weight is 315 g/mol. The lowest BCUT2D eigenvalue weighted by atomic mass is 10.2. The summed E-state index contributed by atoms with van der Waals surface area (Å²) in [5, 5.41) is 3.39. The van der Waals surface area contributed by atoms with E-state index < -0.39 is 0 Å². The molecule has 0 aliphatic carbocycles. The van der Waals surface area contributed by atoms with Gasteiger partial charge in [0.1, 0.15) is 0 Å². The third kappa shape index (κ3) is 3.35. The molecule has 2 rings (SSSR count). The van der Waals surface area contributed by atoms with Gasteiger partial charge in [-0.25, -0.2) is 0 Å². The highest BCUT2D eigenvalue weighted by molar-refractivity contribution is 9.10. The molecule has 88 valence electrons. The van der Waals surface area contributed by atoms with E-state index in [-0.39, 0.29) is 11.7 Å². The van der Waals surface area contributed by atoms with Crippen LogP contribution in [0, 0.1) is 0 Å². The first-order valence-electron chi connectivity index (χ1n) is 4.93. The minimum atomic E-state index is -0.254. The Bertz CT molecular complexity index is 539. The Morgan fingerprint density at radius 1 is 1.35 bits per heavy atom. The van der Waals surface area contributed by atoms with Gasteiger partial charge in [-0.15, -0.1) is 0 Å². The molecule has 0 unspecified atom stereocenters. The van der Waals surface area contributed by atoms with Crippen LogP contribution in [0.5, 0.6) is 0 Å². The van der Waals surface area contributed by atoms with Gasteiger partial charge in [0.05, 0.1) is 0 Å².